The summed E-state index contributed by atoms with van der Waals surface area (Å²) < 4.78 is 6.73. The van der Waals surface area contributed by atoms with Gasteiger partial charge in [-0.05, 0) is 25.5 Å². The molecule has 0 saturated heterocycles. The van der Waals surface area contributed by atoms with Gasteiger partial charge in [0.2, 0.25) is 0 Å². The Bertz CT molecular complexity index is 601. The second-order valence-corrected chi connectivity index (χ2v) is 5.52. The van der Waals surface area contributed by atoms with Gasteiger partial charge < -0.3 is 10.5 Å². The fourth-order valence-electron chi connectivity index (χ4n) is 1.81. The lowest BCUT2D eigenvalue weighted by Gasteiger charge is -2.04. The molecule has 0 atom stereocenters. The number of ether oxygens (including phenoxy) is 1. The summed E-state index contributed by atoms with van der Waals surface area (Å²) in [6.45, 7) is 4.13. The molecule has 6 heteroatoms. The normalized spacial score (nSPS) is 10.7. The van der Waals surface area contributed by atoms with Crippen molar-refractivity contribution in [3.05, 3.63) is 33.3 Å². The molecule has 5 nitrogen and oxygen atoms in total. The van der Waals surface area contributed by atoms with Gasteiger partial charge >= 0.3 is 5.97 Å². The molecule has 0 unspecified atom stereocenters. The van der Waals surface area contributed by atoms with Crippen molar-refractivity contribution >= 4 is 23.0 Å². The SMILES string of the molecule is CCc1ccc(COC(=O)c2c(N)c(C)nn2C)s1. The number of nitrogen functional groups attached to an aromatic ring is 1. The Kier molecular flexibility index (Phi) is 3.90. The third-order valence-electron chi connectivity index (χ3n) is 2.87. The Balaban J connectivity index is 2.05. The zero-order valence-electron chi connectivity index (χ0n) is 11.3. The van der Waals surface area contributed by atoms with Gasteiger partial charge in [0.15, 0.2) is 5.69 Å². The number of nitrogens with zero attached hydrogens (tertiary/aromatic N) is 2. The monoisotopic (exact) mass is 279 g/mol. The predicted molar refractivity (Wildman–Crippen MR) is 75.2 cm³/mol. The number of anilines is 1. The molecule has 2 rings (SSSR count). The van der Waals surface area contributed by atoms with Gasteiger partial charge in [-0.2, -0.15) is 5.10 Å². The summed E-state index contributed by atoms with van der Waals surface area (Å²) in [6, 6.07) is 4.03. The molecular weight excluding hydrogens is 262 g/mol. The fraction of sp³-hybridized carbons (Fsp3) is 0.385. The summed E-state index contributed by atoms with van der Waals surface area (Å²) >= 11 is 1.65. The molecule has 102 valence electrons. The summed E-state index contributed by atoms with van der Waals surface area (Å²) in [5.41, 5.74) is 7.15. The molecule has 0 aliphatic heterocycles. The molecule has 0 spiro atoms. The van der Waals surface area contributed by atoms with E-state index in [2.05, 4.69) is 18.1 Å². The predicted octanol–water partition coefficient (Wildman–Crippen LogP) is 2.29. The average Bonchev–Trinajstić information content (AvgIpc) is 2.93. The molecule has 0 bridgehead atoms. The summed E-state index contributed by atoms with van der Waals surface area (Å²) in [4.78, 5) is 14.3. The van der Waals surface area contributed by atoms with Gasteiger partial charge in [-0.25, -0.2) is 4.79 Å². The highest BCUT2D eigenvalue weighted by Gasteiger charge is 2.19. The van der Waals surface area contributed by atoms with E-state index in [1.807, 2.05) is 6.07 Å². The van der Waals surface area contributed by atoms with Crippen LogP contribution in [0.25, 0.3) is 0 Å². The number of carbonyl (C=O) groups excluding carboxylic acids is 1. The summed E-state index contributed by atoms with van der Waals surface area (Å²) in [7, 11) is 1.68. The number of nitrogens with two attached hydrogens (primary N) is 1. The number of rotatable bonds is 4. The second-order valence-electron chi connectivity index (χ2n) is 4.27. The van der Waals surface area contributed by atoms with Gasteiger partial charge in [0.25, 0.3) is 0 Å². The van der Waals surface area contributed by atoms with Crippen LogP contribution < -0.4 is 5.73 Å². The van der Waals surface area contributed by atoms with Crippen LogP contribution in [0.4, 0.5) is 5.69 Å². The fourth-order valence-corrected chi connectivity index (χ4v) is 2.68. The first-order valence-corrected chi connectivity index (χ1v) is 6.88. The minimum atomic E-state index is -0.438. The van der Waals surface area contributed by atoms with Gasteiger partial charge in [-0.3, -0.25) is 4.68 Å². The van der Waals surface area contributed by atoms with Crippen molar-refractivity contribution in [2.24, 2.45) is 7.05 Å². The highest BCUT2D eigenvalue weighted by atomic mass is 32.1. The Hall–Kier alpha value is -1.82. The second kappa shape index (κ2) is 5.44. The summed E-state index contributed by atoms with van der Waals surface area (Å²) in [5, 5.41) is 4.10. The van der Waals surface area contributed by atoms with Crippen molar-refractivity contribution in [3.63, 3.8) is 0 Å². The number of hydrogen-bond acceptors (Lipinski definition) is 5. The molecular formula is C13H17N3O2S. The van der Waals surface area contributed by atoms with Crippen molar-refractivity contribution < 1.29 is 9.53 Å². The van der Waals surface area contributed by atoms with Crippen LogP contribution in [0.2, 0.25) is 0 Å². The third kappa shape index (κ3) is 2.78. The van der Waals surface area contributed by atoms with E-state index in [0.717, 1.165) is 11.3 Å². The van der Waals surface area contributed by atoms with Crippen LogP contribution in [0.3, 0.4) is 0 Å². The van der Waals surface area contributed by atoms with E-state index in [4.69, 9.17) is 10.5 Å². The van der Waals surface area contributed by atoms with Crippen LogP contribution in [-0.2, 0) is 24.8 Å². The van der Waals surface area contributed by atoms with Gasteiger partial charge in [-0.15, -0.1) is 11.3 Å². The lowest BCUT2D eigenvalue weighted by atomic mass is 10.3. The lowest BCUT2D eigenvalue weighted by Crippen LogP contribution is -2.12. The minimum absolute atomic E-state index is 0.271. The van der Waals surface area contributed by atoms with E-state index in [-0.39, 0.29) is 6.61 Å². The number of thiophene rings is 1. The maximum atomic E-state index is 12.0. The summed E-state index contributed by atoms with van der Waals surface area (Å²) in [5.74, 6) is -0.438. The highest BCUT2D eigenvalue weighted by Crippen LogP contribution is 2.20. The molecule has 0 saturated carbocycles. The summed E-state index contributed by atoms with van der Waals surface area (Å²) in [6.07, 6.45) is 0.993. The van der Waals surface area contributed by atoms with E-state index in [1.165, 1.54) is 9.56 Å². The third-order valence-corrected chi connectivity index (χ3v) is 4.08. The molecule has 2 aromatic heterocycles. The van der Waals surface area contributed by atoms with Crippen molar-refractivity contribution in [2.45, 2.75) is 26.9 Å². The first kappa shape index (κ1) is 13.6. The largest absolute Gasteiger partial charge is 0.455 e. The highest BCUT2D eigenvalue weighted by molar-refractivity contribution is 7.11. The van der Waals surface area contributed by atoms with Crippen LogP contribution in [-0.4, -0.2) is 15.7 Å². The molecule has 0 fully saturated rings. The molecule has 0 aliphatic rings. The quantitative estimate of drug-likeness (QED) is 0.872. The zero-order chi connectivity index (χ0) is 14.0. The van der Waals surface area contributed by atoms with Gasteiger partial charge in [0, 0.05) is 16.8 Å². The Labute approximate surface area is 116 Å². The average molecular weight is 279 g/mol. The molecule has 0 amide bonds. The first-order valence-electron chi connectivity index (χ1n) is 6.06. The van der Waals surface area contributed by atoms with Gasteiger partial charge in [0.05, 0.1) is 11.4 Å². The number of aromatic nitrogens is 2. The van der Waals surface area contributed by atoms with Crippen molar-refractivity contribution in [1.82, 2.24) is 9.78 Å². The number of carbonyl (C=O) groups is 1. The van der Waals surface area contributed by atoms with Crippen molar-refractivity contribution in [3.8, 4) is 0 Å². The first-order chi connectivity index (χ1) is 9.02. The van der Waals surface area contributed by atoms with E-state index >= 15 is 0 Å². The molecule has 2 N–H and O–H groups in total. The van der Waals surface area contributed by atoms with E-state index < -0.39 is 5.97 Å². The number of aryl methyl sites for hydroxylation is 3. The Morgan fingerprint density at radius 1 is 1.47 bits per heavy atom. The molecule has 0 aliphatic carbocycles. The number of hydrogen-bond donors (Lipinski definition) is 1. The van der Waals surface area contributed by atoms with Crippen LogP contribution >= 0.6 is 11.3 Å². The van der Waals surface area contributed by atoms with Crippen LogP contribution in [0.1, 0.15) is 32.9 Å². The smallest absolute Gasteiger partial charge is 0.359 e. The maximum Gasteiger partial charge on any atom is 0.359 e. The Morgan fingerprint density at radius 3 is 2.68 bits per heavy atom. The molecule has 2 heterocycles. The van der Waals surface area contributed by atoms with Crippen LogP contribution in [0.15, 0.2) is 12.1 Å². The van der Waals surface area contributed by atoms with E-state index in [9.17, 15) is 4.79 Å². The zero-order valence-corrected chi connectivity index (χ0v) is 12.1. The molecule has 0 aromatic carbocycles. The van der Waals surface area contributed by atoms with Gasteiger partial charge in [-0.1, -0.05) is 6.92 Å². The number of esters is 1. The molecule has 19 heavy (non-hydrogen) atoms. The molecule has 0 radical (unpaired) electrons. The van der Waals surface area contributed by atoms with Gasteiger partial charge in [0.1, 0.15) is 6.61 Å². The van der Waals surface area contributed by atoms with Crippen molar-refractivity contribution in [1.29, 1.82) is 0 Å². The van der Waals surface area contributed by atoms with E-state index in [0.29, 0.717) is 17.1 Å². The topological polar surface area (TPSA) is 70.1 Å². The van der Waals surface area contributed by atoms with E-state index in [1.54, 1.807) is 25.3 Å². The molecule has 2 aromatic rings. The van der Waals surface area contributed by atoms with Crippen LogP contribution in [0.5, 0.6) is 0 Å². The maximum absolute atomic E-state index is 12.0. The standard InChI is InChI=1S/C13H17N3O2S/c1-4-9-5-6-10(19-9)7-18-13(17)12-11(14)8(2)15-16(12)3/h5-6H,4,7,14H2,1-3H3. The van der Waals surface area contributed by atoms with Crippen molar-refractivity contribution in [2.75, 3.05) is 5.73 Å². The van der Waals surface area contributed by atoms with Crippen LogP contribution in [0, 0.1) is 6.92 Å². The Morgan fingerprint density at radius 2 is 2.16 bits per heavy atom. The minimum Gasteiger partial charge on any atom is -0.455 e. The lowest BCUT2D eigenvalue weighted by molar-refractivity contribution is 0.0465.